The molecule has 0 spiro atoms. The summed E-state index contributed by atoms with van der Waals surface area (Å²) < 4.78 is 0. The first-order valence-electron chi connectivity index (χ1n) is 7.08. The van der Waals surface area contributed by atoms with E-state index in [1.807, 2.05) is 0 Å². The van der Waals surface area contributed by atoms with Crippen LogP contribution in [0.2, 0.25) is 5.02 Å². The molecule has 0 bridgehead atoms. The maximum Gasteiger partial charge on any atom is 0.319 e. The molecule has 2 N–H and O–H groups in total. The summed E-state index contributed by atoms with van der Waals surface area (Å²) in [4.78, 5) is 21.2. The van der Waals surface area contributed by atoms with Crippen LogP contribution in [0, 0.1) is 6.92 Å². The van der Waals surface area contributed by atoms with Crippen LogP contribution in [0.3, 0.4) is 0 Å². The van der Waals surface area contributed by atoms with E-state index in [0.29, 0.717) is 30.1 Å². The third-order valence-corrected chi connectivity index (χ3v) is 2.66. The van der Waals surface area contributed by atoms with Crippen LogP contribution >= 0.6 is 11.6 Å². The number of urea groups is 1. The monoisotopic (exact) mass is 399 g/mol. The van der Waals surface area contributed by atoms with Gasteiger partial charge in [0.2, 0.25) is 0 Å². The fraction of sp³-hybridized carbons (Fsp3) is 0.438. The number of rotatable bonds is 7. The number of amides is 2. The Kier molecular flexibility index (Phi) is 18.3. The number of nitrogens with one attached hydrogen (secondary N) is 2. The Morgan fingerprint density at radius 1 is 1.36 bits per heavy atom. The van der Waals surface area contributed by atoms with Crippen LogP contribution in [-0.4, -0.2) is 18.9 Å². The standard InChI is InChI=1S/C11H12ClN2O2.C5H11.Y/c12-9-4-3-5-10(8-9)14-11(16)13-6-1-2-7-15;1-3-5-4-2;/h3-5,8H,1-2,6H2,(H2,13,14,16);1,3-5H2,2H3;/q2*-1;. The van der Waals surface area contributed by atoms with Crippen molar-refractivity contribution in [2.75, 3.05) is 11.9 Å². The minimum absolute atomic E-state index is 0. The molecule has 6 heteroatoms. The van der Waals surface area contributed by atoms with Gasteiger partial charge >= 0.3 is 6.03 Å². The fourth-order valence-electron chi connectivity index (χ4n) is 1.35. The van der Waals surface area contributed by atoms with E-state index in [1.54, 1.807) is 30.6 Å². The van der Waals surface area contributed by atoms with Gasteiger partial charge in [-0.05, 0) is 18.2 Å². The molecule has 0 fully saturated rings. The Balaban J connectivity index is 0. The minimum Gasteiger partial charge on any atom is -0.542 e. The van der Waals surface area contributed by atoms with Crippen molar-refractivity contribution in [3.8, 4) is 0 Å². The molecule has 0 saturated carbocycles. The Hall–Kier alpha value is -0.446. The molecule has 1 radical (unpaired) electrons. The first-order valence-corrected chi connectivity index (χ1v) is 7.46. The van der Waals surface area contributed by atoms with Crippen molar-refractivity contribution in [1.82, 2.24) is 5.32 Å². The molecule has 4 nitrogen and oxygen atoms in total. The van der Waals surface area contributed by atoms with Crippen LogP contribution < -0.4 is 10.6 Å². The molecular weight excluding hydrogens is 377 g/mol. The Morgan fingerprint density at radius 3 is 2.59 bits per heavy atom. The molecule has 2 amide bonds. The fourth-order valence-corrected chi connectivity index (χ4v) is 1.54. The second-order valence-corrected chi connectivity index (χ2v) is 4.78. The van der Waals surface area contributed by atoms with Gasteiger partial charge in [0.1, 0.15) is 0 Å². The van der Waals surface area contributed by atoms with Crippen molar-refractivity contribution in [3.05, 3.63) is 36.2 Å². The van der Waals surface area contributed by atoms with E-state index < -0.39 is 0 Å². The van der Waals surface area contributed by atoms with Crippen molar-refractivity contribution in [1.29, 1.82) is 0 Å². The van der Waals surface area contributed by atoms with Crippen LogP contribution in [0.1, 0.15) is 39.0 Å². The Morgan fingerprint density at radius 2 is 2.09 bits per heavy atom. The predicted octanol–water partition coefficient (Wildman–Crippen LogP) is 4.36. The van der Waals surface area contributed by atoms with Gasteiger partial charge < -0.3 is 22.4 Å². The molecule has 121 valence electrons. The zero-order valence-corrected chi connectivity index (χ0v) is 16.6. The third-order valence-electron chi connectivity index (χ3n) is 2.43. The number of benzene rings is 1. The second kappa shape index (κ2) is 16.9. The average Bonchev–Trinajstić information content (AvgIpc) is 2.45. The average molecular weight is 400 g/mol. The van der Waals surface area contributed by atoms with Crippen molar-refractivity contribution < 1.29 is 42.3 Å². The molecule has 0 aliphatic rings. The quantitative estimate of drug-likeness (QED) is 0.528. The van der Waals surface area contributed by atoms with Gasteiger partial charge in [-0.1, -0.05) is 43.9 Å². The molecular formula is C16H23ClN2O2Y-2. The molecule has 0 unspecified atom stereocenters. The van der Waals surface area contributed by atoms with E-state index in [-0.39, 0.29) is 38.7 Å². The summed E-state index contributed by atoms with van der Waals surface area (Å²) in [6.07, 6.45) is 6.33. The van der Waals surface area contributed by atoms with E-state index in [0.717, 1.165) is 6.42 Å². The van der Waals surface area contributed by atoms with Gasteiger partial charge in [-0.25, -0.2) is 4.79 Å². The number of hydrogen-bond donors (Lipinski definition) is 2. The van der Waals surface area contributed by atoms with Gasteiger partial charge in [0.05, 0.1) is 0 Å². The maximum atomic E-state index is 11.3. The zero-order valence-electron chi connectivity index (χ0n) is 13.0. The number of carbonyl (C=O) groups excluding carboxylic acids is 2. The second-order valence-electron chi connectivity index (χ2n) is 4.35. The van der Waals surface area contributed by atoms with Crippen molar-refractivity contribution in [2.45, 2.75) is 39.0 Å². The number of carbonyl (C=O) groups is 1. The predicted molar refractivity (Wildman–Crippen MR) is 88.3 cm³/mol. The summed E-state index contributed by atoms with van der Waals surface area (Å²) in [5, 5.41) is 5.80. The van der Waals surface area contributed by atoms with E-state index in [1.165, 1.54) is 12.8 Å². The summed E-state index contributed by atoms with van der Waals surface area (Å²) in [6.45, 7) is 6.29. The topological polar surface area (TPSA) is 58.2 Å². The Bertz CT molecular complexity index is 415. The van der Waals surface area contributed by atoms with Gasteiger partial charge in [0.25, 0.3) is 0 Å². The van der Waals surface area contributed by atoms with Crippen LogP contribution in [0.5, 0.6) is 0 Å². The third kappa shape index (κ3) is 14.5. The molecule has 1 aromatic rings. The molecule has 0 heterocycles. The molecule has 0 aliphatic carbocycles. The smallest absolute Gasteiger partial charge is 0.319 e. The molecule has 1 rings (SSSR count). The van der Waals surface area contributed by atoms with Gasteiger partial charge in [-0.15, -0.1) is 0 Å². The van der Waals surface area contributed by atoms with E-state index in [4.69, 9.17) is 11.6 Å². The van der Waals surface area contributed by atoms with Gasteiger partial charge in [-0.2, -0.15) is 12.8 Å². The minimum atomic E-state index is -0.312. The number of anilines is 1. The molecule has 0 aromatic heterocycles. The van der Waals surface area contributed by atoms with Crippen LogP contribution in [0.4, 0.5) is 10.5 Å². The van der Waals surface area contributed by atoms with E-state index in [9.17, 15) is 9.59 Å². The summed E-state index contributed by atoms with van der Waals surface area (Å²) in [7, 11) is 0. The number of unbranched alkanes of at least 4 members (excludes halogenated alkanes) is 3. The van der Waals surface area contributed by atoms with Crippen molar-refractivity contribution in [3.63, 3.8) is 0 Å². The van der Waals surface area contributed by atoms with Crippen LogP contribution in [-0.2, 0) is 37.5 Å². The van der Waals surface area contributed by atoms with E-state index in [2.05, 4.69) is 24.5 Å². The number of halogens is 1. The van der Waals surface area contributed by atoms with Crippen molar-refractivity contribution >= 4 is 29.6 Å². The van der Waals surface area contributed by atoms with Crippen LogP contribution in [0.15, 0.2) is 24.3 Å². The van der Waals surface area contributed by atoms with Gasteiger partial charge in [0.15, 0.2) is 0 Å². The summed E-state index contributed by atoms with van der Waals surface area (Å²) in [6, 6.07) is 6.56. The zero-order chi connectivity index (χ0) is 15.9. The van der Waals surface area contributed by atoms with Gasteiger partial charge in [-0.3, -0.25) is 6.29 Å². The summed E-state index contributed by atoms with van der Waals surface area (Å²) in [5.41, 5.74) is 0.631. The molecule has 0 aliphatic heterocycles. The van der Waals surface area contributed by atoms with Crippen molar-refractivity contribution in [2.24, 2.45) is 0 Å². The molecule has 0 atom stereocenters. The first-order chi connectivity index (χ1) is 10.1. The Labute approximate surface area is 163 Å². The normalized spacial score (nSPS) is 8.86. The SMILES string of the molecule is O=[C-]CCCNC(=O)Nc1cccc(Cl)c1.[CH2-]CCCC.[Y]. The van der Waals surface area contributed by atoms with Gasteiger partial charge in [0, 0.05) is 50.0 Å². The molecule has 22 heavy (non-hydrogen) atoms. The summed E-state index contributed by atoms with van der Waals surface area (Å²) >= 11 is 5.76. The molecule has 0 saturated heterocycles. The number of hydrogen-bond acceptors (Lipinski definition) is 2. The van der Waals surface area contributed by atoms with E-state index >= 15 is 0 Å². The molecule has 1 aromatic carbocycles. The summed E-state index contributed by atoms with van der Waals surface area (Å²) in [5.74, 6) is 0. The largest absolute Gasteiger partial charge is 0.542 e. The van der Waals surface area contributed by atoms with Crippen LogP contribution in [0.25, 0.3) is 0 Å². The maximum absolute atomic E-state index is 11.3. The first kappa shape index (κ1) is 23.8.